The molecule has 0 bridgehead atoms. The Labute approximate surface area is 133 Å². The van der Waals surface area contributed by atoms with Crippen molar-refractivity contribution in [2.45, 2.75) is 42.7 Å². The number of hydrogen-bond donors (Lipinski definition) is 2. The summed E-state index contributed by atoms with van der Waals surface area (Å²) in [6.45, 7) is 0. The fourth-order valence-corrected chi connectivity index (χ4v) is 3.90. The zero-order valence-corrected chi connectivity index (χ0v) is 13.2. The van der Waals surface area contributed by atoms with Crippen LogP contribution in [0.3, 0.4) is 0 Å². The molecule has 0 aliphatic heterocycles. The van der Waals surface area contributed by atoms with E-state index in [2.05, 4.69) is 4.72 Å². The molecule has 0 saturated heterocycles. The van der Waals surface area contributed by atoms with E-state index in [1.807, 2.05) is 0 Å². The number of para-hydroxylation sites is 1. The molecule has 0 radical (unpaired) electrons. The minimum Gasteiger partial charge on any atom is -0.328 e. The number of benzene rings is 1. The topological polar surface area (TPSA) is 115 Å². The SMILES string of the molecule is Cl.NC1CCC(NS(=O)(=O)c2cccc(F)c2[N+](=O)[O-])CC1. The number of nitrogens with zero attached hydrogens (tertiary/aromatic N) is 1. The number of nitrogens with one attached hydrogen (secondary N) is 1. The summed E-state index contributed by atoms with van der Waals surface area (Å²) in [5.41, 5.74) is 4.71. The molecule has 1 aromatic rings. The van der Waals surface area contributed by atoms with E-state index >= 15 is 0 Å². The molecule has 0 amide bonds. The van der Waals surface area contributed by atoms with Crippen molar-refractivity contribution in [3.8, 4) is 0 Å². The van der Waals surface area contributed by atoms with Gasteiger partial charge < -0.3 is 5.73 Å². The van der Waals surface area contributed by atoms with Crippen LogP contribution >= 0.6 is 12.4 Å². The summed E-state index contributed by atoms with van der Waals surface area (Å²) < 4.78 is 40.4. The number of nitrogens with two attached hydrogens (primary N) is 1. The van der Waals surface area contributed by atoms with Gasteiger partial charge in [0.25, 0.3) is 0 Å². The van der Waals surface area contributed by atoms with Crippen molar-refractivity contribution in [3.05, 3.63) is 34.1 Å². The first kappa shape index (κ1) is 18.8. The van der Waals surface area contributed by atoms with Gasteiger partial charge in [-0.1, -0.05) is 6.07 Å². The monoisotopic (exact) mass is 353 g/mol. The molecular weight excluding hydrogens is 337 g/mol. The fraction of sp³-hybridized carbons (Fsp3) is 0.500. The smallest absolute Gasteiger partial charge is 0.324 e. The largest absolute Gasteiger partial charge is 0.328 e. The lowest BCUT2D eigenvalue weighted by atomic mass is 9.93. The molecular formula is C12H17ClFN3O4S. The van der Waals surface area contributed by atoms with Gasteiger partial charge in [0.2, 0.25) is 15.8 Å². The van der Waals surface area contributed by atoms with E-state index in [-0.39, 0.29) is 24.5 Å². The molecule has 124 valence electrons. The third kappa shape index (κ3) is 4.13. The average molecular weight is 354 g/mol. The molecule has 1 aromatic carbocycles. The maximum Gasteiger partial charge on any atom is 0.324 e. The van der Waals surface area contributed by atoms with Crippen LogP contribution in [0.25, 0.3) is 0 Å². The Morgan fingerprint density at radius 1 is 1.27 bits per heavy atom. The third-order valence-electron chi connectivity index (χ3n) is 3.52. The van der Waals surface area contributed by atoms with E-state index in [4.69, 9.17) is 5.73 Å². The molecule has 1 fully saturated rings. The second-order valence-corrected chi connectivity index (χ2v) is 6.76. The van der Waals surface area contributed by atoms with Crippen LogP contribution in [0.5, 0.6) is 0 Å². The maximum absolute atomic E-state index is 13.5. The molecule has 3 N–H and O–H groups in total. The lowest BCUT2D eigenvalue weighted by molar-refractivity contribution is -0.390. The van der Waals surface area contributed by atoms with Crippen LogP contribution in [0.2, 0.25) is 0 Å². The van der Waals surface area contributed by atoms with E-state index in [0.29, 0.717) is 25.7 Å². The molecule has 1 aliphatic carbocycles. The van der Waals surface area contributed by atoms with Crippen molar-refractivity contribution < 1.29 is 17.7 Å². The molecule has 0 heterocycles. The number of nitro benzene ring substituents is 1. The predicted octanol–water partition coefficient (Wildman–Crippen LogP) is 1.70. The summed E-state index contributed by atoms with van der Waals surface area (Å²) >= 11 is 0. The van der Waals surface area contributed by atoms with E-state index in [9.17, 15) is 22.9 Å². The van der Waals surface area contributed by atoms with Gasteiger partial charge in [0.15, 0.2) is 4.90 Å². The molecule has 0 spiro atoms. The van der Waals surface area contributed by atoms with Gasteiger partial charge >= 0.3 is 5.69 Å². The Kier molecular flexibility index (Phi) is 6.24. The minimum atomic E-state index is -4.15. The molecule has 0 aromatic heterocycles. The zero-order valence-electron chi connectivity index (χ0n) is 11.6. The highest BCUT2D eigenvalue weighted by atomic mass is 35.5. The van der Waals surface area contributed by atoms with Crippen LogP contribution in [0, 0.1) is 15.9 Å². The van der Waals surface area contributed by atoms with Gasteiger partial charge in [0, 0.05) is 12.1 Å². The minimum absolute atomic E-state index is 0. The quantitative estimate of drug-likeness (QED) is 0.631. The molecule has 1 saturated carbocycles. The summed E-state index contributed by atoms with van der Waals surface area (Å²) in [5.74, 6) is -1.17. The molecule has 10 heteroatoms. The van der Waals surface area contributed by atoms with Gasteiger partial charge in [-0.05, 0) is 37.8 Å². The van der Waals surface area contributed by atoms with E-state index in [1.54, 1.807) is 0 Å². The predicted molar refractivity (Wildman–Crippen MR) is 80.9 cm³/mol. The van der Waals surface area contributed by atoms with Gasteiger partial charge in [0.05, 0.1) is 4.92 Å². The van der Waals surface area contributed by atoms with E-state index in [0.717, 1.165) is 18.2 Å². The fourth-order valence-electron chi connectivity index (χ4n) is 2.41. The van der Waals surface area contributed by atoms with Crippen LogP contribution in [-0.4, -0.2) is 25.4 Å². The van der Waals surface area contributed by atoms with Crippen molar-refractivity contribution in [3.63, 3.8) is 0 Å². The third-order valence-corrected chi connectivity index (χ3v) is 5.07. The Morgan fingerprint density at radius 2 is 1.86 bits per heavy atom. The normalized spacial score (nSPS) is 21.9. The standard InChI is InChI=1S/C12H16FN3O4S.ClH/c13-10-2-1-3-11(12(10)16(17)18)21(19,20)15-9-6-4-8(14)5-7-9;/h1-3,8-9,15H,4-7,14H2;1H. The average Bonchev–Trinajstić information content (AvgIpc) is 2.40. The second-order valence-electron chi connectivity index (χ2n) is 5.08. The summed E-state index contributed by atoms with van der Waals surface area (Å²) in [5, 5.41) is 10.9. The lowest BCUT2D eigenvalue weighted by Crippen LogP contribution is -2.40. The van der Waals surface area contributed by atoms with Gasteiger partial charge in [-0.2, -0.15) is 4.39 Å². The van der Waals surface area contributed by atoms with Crippen LogP contribution in [0.4, 0.5) is 10.1 Å². The molecule has 7 nitrogen and oxygen atoms in total. The molecule has 0 unspecified atom stereocenters. The second kappa shape index (κ2) is 7.32. The summed E-state index contributed by atoms with van der Waals surface area (Å²) in [6, 6.07) is 2.73. The number of nitro groups is 1. The van der Waals surface area contributed by atoms with Crippen molar-refractivity contribution in [2.75, 3.05) is 0 Å². The molecule has 22 heavy (non-hydrogen) atoms. The number of hydrogen-bond acceptors (Lipinski definition) is 5. The Morgan fingerprint density at radius 3 is 2.41 bits per heavy atom. The highest BCUT2D eigenvalue weighted by molar-refractivity contribution is 7.89. The zero-order chi connectivity index (χ0) is 15.6. The van der Waals surface area contributed by atoms with Gasteiger partial charge in [-0.25, -0.2) is 13.1 Å². The van der Waals surface area contributed by atoms with Crippen molar-refractivity contribution >= 4 is 28.1 Å². The van der Waals surface area contributed by atoms with Gasteiger partial charge in [-0.3, -0.25) is 10.1 Å². The molecule has 1 aliphatic rings. The van der Waals surface area contributed by atoms with Crippen LogP contribution < -0.4 is 10.5 Å². The van der Waals surface area contributed by atoms with Crippen LogP contribution in [0.15, 0.2) is 23.1 Å². The first-order valence-electron chi connectivity index (χ1n) is 6.52. The Balaban J connectivity index is 0.00000242. The molecule has 2 rings (SSSR count). The number of rotatable bonds is 4. The van der Waals surface area contributed by atoms with Crippen LogP contribution in [0.1, 0.15) is 25.7 Å². The Hall–Kier alpha value is -1.29. The summed E-state index contributed by atoms with van der Waals surface area (Å²) in [4.78, 5) is 9.20. The lowest BCUT2D eigenvalue weighted by Gasteiger charge is -2.26. The number of halogens is 2. The first-order chi connectivity index (χ1) is 9.81. The first-order valence-corrected chi connectivity index (χ1v) is 8.00. The van der Waals surface area contributed by atoms with E-state index < -0.39 is 31.3 Å². The summed E-state index contributed by atoms with van der Waals surface area (Å²) in [7, 11) is -4.15. The Bertz CT molecular complexity index is 648. The molecule has 0 atom stereocenters. The maximum atomic E-state index is 13.5. The van der Waals surface area contributed by atoms with Crippen molar-refractivity contribution in [1.82, 2.24) is 4.72 Å². The van der Waals surface area contributed by atoms with Gasteiger partial charge in [0.1, 0.15) is 0 Å². The van der Waals surface area contributed by atoms with Gasteiger partial charge in [-0.15, -0.1) is 12.4 Å². The van der Waals surface area contributed by atoms with Crippen LogP contribution in [-0.2, 0) is 10.0 Å². The number of sulfonamides is 1. The highest BCUT2D eigenvalue weighted by Crippen LogP contribution is 2.27. The van der Waals surface area contributed by atoms with Crippen molar-refractivity contribution in [1.29, 1.82) is 0 Å². The summed E-state index contributed by atoms with van der Waals surface area (Å²) in [6.07, 6.45) is 2.48. The van der Waals surface area contributed by atoms with E-state index in [1.165, 1.54) is 0 Å². The van der Waals surface area contributed by atoms with Crippen molar-refractivity contribution in [2.24, 2.45) is 5.73 Å². The highest BCUT2D eigenvalue weighted by Gasteiger charge is 2.32.